The Bertz CT molecular complexity index is 415. The molecule has 0 aliphatic carbocycles. The molecule has 14 heavy (non-hydrogen) atoms. The second-order valence-electron chi connectivity index (χ2n) is 3.40. The Kier molecular flexibility index (Phi) is 2.11. The molecule has 0 aromatic carbocycles. The van der Waals surface area contributed by atoms with Crippen molar-refractivity contribution >= 4 is 5.57 Å². The largest absolute Gasteiger partial charge is 0.467 e. The third-order valence-corrected chi connectivity index (χ3v) is 2.29. The highest BCUT2D eigenvalue weighted by Gasteiger charge is 2.14. The van der Waals surface area contributed by atoms with E-state index in [0.717, 1.165) is 17.9 Å². The monoisotopic (exact) mass is 191 g/mol. The fourth-order valence-electron chi connectivity index (χ4n) is 1.60. The fraction of sp³-hybridized carbons (Fsp3) is 0.400. The van der Waals surface area contributed by atoms with Crippen molar-refractivity contribution in [3.05, 3.63) is 23.5 Å². The predicted octanol–water partition coefficient (Wildman–Crippen LogP) is 1.65. The molecule has 74 valence electrons. The van der Waals surface area contributed by atoms with Crippen molar-refractivity contribution < 1.29 is 4.74 Å². The van der Waals surface area contributed by atoms with E-state index in [1.165, 1.54) is 5.57 Å². The Hall–Kier alpha value is -1.58. The van der Waals surface area contributed by atoms with Crippen LogP contribution in [0.1, 0.15) is 19.7 Å². The number of ether oxygens (including phenoxy) is 1. The molecule has 0 radical (unpaired) electrons. The van der Waals surface area contributed by atoms with Crippen LogP contribution in [0.3, 0.4) is 0 Å². The highest BCUT2D eigenvalue weighted by atomic mass is 16.5. The van der Waals surface area contributed by atoms with E-state index in [9.17, 15) is 0 Å². The molecule has 1 aromatic heterocycles. The molecule has 0 saturated carbocycles. The molecular weight excluding hydrogens is 178 g/mol. The fourth-order valence-corrected chi connectivity index (χ4v) is 1.60. The molecule has 1 aliphatic heterocycles. The summed E-state index contributed by atoms with van der Waals surface area (Å²) < 4.78 is 7.09. The van der Waals surface area contributed by atoms with Crippen LogP contribution in [0.25, 0.3) is 5.57 Å². The van der Waals surface area contributed by atoms with E-state index in [2.05, 4.69) is 29.3 Å². The van der Waals surface area contributed by atoms with Crippen molar-refractivity contribution in [2.45, 2.75) is 20.4 Å². The van der Waals surface area contributed by atoms with Gasteiger partial charge < -0.3 is 4.74 Å². The van der Waals surface area contributed by atoms with E-state index in [0.29, 0.717) is 6.01 Å². The summed E-state index contributed by atoms with van der Waals surface area (Å²) in [5.74, 6) is 0.884. The normalized spacial score (nSPS) is 15.4. The van der Waals surface area contributed by atoms with Gasteiger partial charge in [-0.25, -0.2) is 0 Å². The minimum absolute atomic E-state index is 0.568. The summed E-state index contributed by atoms with van der Waals surface area (Å²) in [7, 11) is 1.61. The van der Waals surface area contributed by atoms with Crippen molar-refractivity contribution in [3.63, 3.8) is 0 Å². The highest BCUT2D eigenvalue weighted by Crippen LogP contribution is 2.21. The number of allylic oxidation sites excluding steroid dienone is 4. The zero-order valence-electron chi connectivity index (χ0n) is 8.61. The molecule has 1 aromatic rings. The second kappa shape index (κ2) is 3.29. The van der Waals surface area contributed by atoms with E-state index in [4.69, 9.17) is 4.74 Å². The minimum atomic E-state index is 0.568. The first kappa shape index (κ1) is 8.99. The molecule has 2 heterocycles. The van der Waals surface area contributed by atoms with Gasteiger partial charge in [-0.3, -0.25) is 4.57 Å². The molecule has 4 heteroatoms. The van der Waals surface area contributed by atoms with Gasteiger partial charge >= 0.3 is 6.01 Å². The van der Waals surface area contributed by atoms with Gasteiger partial charge in [-0.2, -0.15) is 0 Å². The van der Waals surface area contributed by atoms with Crippen molar-refractivity contribution in [2.75, 3.05) is 7.11 Å². The van der Waals surface area contributed by atoms with Crippen LogP contribution in [-0.2, 0) is 6.54 Å². The lowest BCUT2D eigenvalue weighted by Gasteiger charge is -2.03. The summed E-state index contributed by atoms with van der Waals surface area (Å²) in [6, 6.07) is 0.568. The van der Waals surface area contributed by atoms with Gasteiger partial charge in [-0.15, -0.1) is 5.10 Å². The summed E-state index contributed by atoms with van der Waals surface area (Å²) in [6.45, 7) is 4.88. The molecule has 0 spiro atoms. The zero-order valence-corrected chi connectivity index (χ0v) is 8.61. The lowest BCUT2D eigenvalue weighted by atomic mass is 10.2. The van der Waals surface area contributed by atoms with Crippen molar-refractivity contribution in [1.82, 2.24) is 14.8 Å². The summed E-state index contributed by atoms with van der Waals surface area (Å²) >= 11 is 0. The molecule has 1 aliphatic rings. The number of aromatic nitrogens is 3. The van der Waals surface area contributed by atoms with E-state index in [1.54, 1.807) is 7.11 Å². The van der Waals surface area contributed by atoms with Gasteiger partial charge in [0.05, 0.1) is 7.11 Å². The zero-order chi connectivity index (χ0) is 10.1. The Morgan fingerprint density at radius 1 is 1.36 bits per heavy atom. The van der Waals surface area contributed by atoms with Gasteiger partial charge in [0, 0.05) is 6.54 Å². The molecule has 0 saturated heterocycles. The molecule has 0 atom stereocenters. The van der Waals surface area contributed by atoms with Crippen LogP contribution in [0.4, 0.5) is 0 Å². The van der Waals surface area contributed by atoms with Crippen LogP contribution in [0.15, 0.2) is 17.7 Å². The number of hydrogen-bond acceptors (Lipinski definition) is 3. The van der Waals surface area contributed by atoms with Crippen molar-refractivity contribution in [2.24, 2.45) is 0 Å². The molecule has 0 unspecified atom stereocenters. The van der Waals surface area contributed by atoms with Crippen molar-refractivity contribution in [1.29, 1.82) is 0 Å². The SMILES string of the molecule is COc1nnc2n1CC=C(C)C=C2C. The van der Waals surface area contributed by atoms with Crippen LogP contribution < -0.4 is 4.74 Å². The Labute approximate surface area is 82.9 Å². The number of rotatable bonds is 1. The van der Waals surface area contributed by atoms with Crippen molar-refractivity contribution in [3.8, 4) is 6.01 Å². The standard InChI is InChI=1S/C10H13N3O/c1-7-4-5-13-9(8(2)6-7)11-12-10(13)14-3/h4,6H,5H2,1-3H3. The van der Waals surface area contributed by atoms with E-state index in [1.807, 2.05) is 11.5 Å². The summed E-state index contributed by atoms with van der Waals surface area (Å²) in [4.78, 5) is 0. The maximum Gasteiger partial charge on any atom is 0.317 e. The third kappa shape index (κ3) is 1.32. The highest BCUT2D eigenvalue weighted by molar-refractivity contribution is 5.62. The predicted molar refractivity (Wildman–Crippen MR) is 54.0 cm³/mol. The van der Waals surface area contributed by atoms with Crippen LogP contribution in [0.5, 0.6) is 6.01 Å². The van der Waals surface area contributed by atoms with E-state index < -0.39 is 0 Å². The molecular formula is C10H13N3O. The molecule has 0 fully saturated rings. The number of methoxy groups -OCH3 is 1. The first-order valence-corrected chi connectivity index (χ1v) is 4.55. The Morgan fingerprint density at radius 3 is 2.86 bits per heavy atom. The first-order valence-electron chi connectivity index (χ1n) is 4.55. The van der Waals surface area contributed by atoms with Crippen LogP contribution in [0, 0.1) is 0 Å². The Balaban J connectivity index is 2.53. The lowest BCUT2D eigenvalue weighted by Crippen LogP contribution is -2.02. The average Bonchev–Trinajstić information content (AvgIpc) is 2.51. The molecule has 0 amide bonds. The maximum absolute atomic E-state index is 5.12. The quantitative estimate of drug-likeness (QED) is 0.677. The van der Waals surface area contributed by atoms with E-state index in [-0.39, 0.29) is 0 Å². The van der Waals surface area contributed by atoms with Gasteiger partial charge in [0.1, 0.15) is 0 Å². The van der Waals surface area contributed by atoms with Crippen LogP contribution in [-0.4, -0.2) is 21.9 Å². The van der Waals surface area contributed by atoms with Gasteiger partial charge in [-0.05, 0) is 19.4 Å². The van der Waals surface area contributed by atoms with Crippen LogP contribution in [0.2, 0.25) is 0 Å². The number of nitrogens with zero attached hydrogens (tertiary/aromatic N) is 3. The number of hydrogen-bond donors (Lipinski definition) is 0. The topological polar surface area (TPSA) is 39.9 Å². The molecule has 4 nitrogen and oxygen atoms in total. The summed E-state index contributed by atoms with van der Waals surface area (Å²) in [5, 5.41) is 8.04. The second-order valence-corrected chi connectivity index (χ2v) is 3.40. The first-order chi connectivity index (χ1) is 6.72. The third-order valence-electron chi connectivity index (χ3n) is 2.29. The van der Waals surface area contributed by atoms with E-state index >= 15 is 0 Å². The van der Waals surface area contributed by atoms with Crippen LogP contribution >= 0.6 is 0 Å². The van der Waals surface area contributed by atoms with Gasteiger partial charge in [-0.1, -0.05) is 22.8 Å². The molecule has 0 N–H and O–H groups in total. The smallest absolute Gasteiger partial charge is 0.317 e. The average molecular weight is 191 g/mol. The lowest BCUT2D eigenvalue weighted by molar-refractivity contribution is 0.360. The summed E-state index contributed by atoms with van der Waals surface area (Å²) in [6.07, 6.45) is 4.23. The Morgan fingerprint density at radius 2 is 2.14 bits per heavy atom. The van der Waals surface area contributed by atoms with Gasteiger partial charge in [0.2, 0.25) is 0 Å². The minimum Gasteiger partial charge on any atom is -0.467 e. The maximum atomic E-state index is 5.12. The summed E-state index contributed by atoms with van der Waals surface area (Å²) in [5.41, 5.74) is 2.36. The number of fused-ring (bicyclic) bond motifs is 1. The van der Waals surface area contributed by atoms with Gasteiger partial charge in [0.15, 0.2) is 5.82 Å². The molecule has 2 rings (SSSR count). The molecule has 0 bridgehead atoms. The van der Waals surface area contributed by atoms with Gasteiger partial charge in [0.25, 0.3) is 0 Å².